The Morgan fingerprint density at radius 2 is 1.89 bits per heavy atom. The van der Waals surface area contributed by atoms with Crippen LogP contribution in [0.1, 0.15) is 55.0 Å². The van der Waals surface area contributed by atoms with Crippen LogP contribution in [0.25, 0.3) is 10.9 Å². The molecule has 2 fully saturated rings. The maximum absolute atomic E-state index is 6.57. The van der Waals surface area contributed by atoms with Crippen LogP contribution in [0.15, 0.2) is 36.7 Å². The van der Waals surface area contributed by atoms with Crippen LogP contribution in [0, 0.1) is 6.92 Å². The van der Waals surface area contributed by atoms with Crippen molar-refractivity contribution in [2.75, 3.05) is 24.7 Å². The van der Waals surface area contributed by atoms with Gasteiger partial charge in [-0.25, -0.2) is 9.67 Å². The van der Waals surface area contributed by atoms with E-state index in [0.29, 0.717) is 12.0 Å². The van der Waals surface area contributed by atoms with Gasteiger partial charge in [0.05, 0.1) is 30.8 Å². The van der Waals surface area contributed by atoms with Gasteiger partial charge in [-0.3, -0.25) is 9.67 Å². The minimum Gasteiger partial charge on any atom is -0.453 e. The average Bonchev–Trinajstić information content (AvgIpc) is 3.55. The molecule has 0 spiro atoms. The molecule has 3 aliphatic rings. The zero-order valence-electron chi connectivity index (χ0n) is 19.9. The van der Waals surface area contributed by atoms with Gasteiger partial charge in [0.1, 0.15) is 23.1 Å². The maximum Gasteiger partial charge on any atom is 0.168 e. The van der Waals surface area contributed by atoms with E-state index in [4.69, 9.17) is 14.6 Å². The molecule has 2 aliphatic heterocycles. The normalized spacial score (nSPS) is 18.7. The summed E-state index contributed by atoms with van der Waals surface area (Å²) in [6, 6.07) is 8.89. The molecule has 0 N–H and O–H groups in total. The third-order valence-corrected chi connectivity index (χ3v) is 7.29. The zero-order valence-corrected chi connectivity index (χ0v) is 19.9. The van der Waals surface area contributed by atoms with Crippen LogP contribution in [-0.4, -0.2) is 49.3 Å². The van der Waals surface area contributed by atoms with E-state index in [1.54, 1.807) is 0 Å². The molecular weight excluding hydrogens is 442 g/mol. The summed E-state index contributed by atoms with van der Waals surface area (Å²) in [5.41, 5.74) is 3.12. The van der Waals surface area contributed by atoms with Crippen LogP contribution < -0.4 is 9.64 Å². The molecule has 3 aromatic heterocycles. The molecule has 1 aromatic carbocycles. The standard InChI is InChI=1S/C26H29N7O2/c1-17-28-25-16-31(10-11-32(25)29-17)20-4-5-21-22(14-20)27-9-6-23(21)35-24-15-33(19-2-3-19)30-26(24)18-7-12-34-13-8-18/h4-6,9,14-15,18-19H,2-3,7-8,10-13,16H2,1H3. The van der Waals surface area contributed by atoms with Crippen LogP contribution in [0.5, 0.6) is 11.5 Å². The summed E-state index contributed by atoms with van der Waals surface area (Å²) in [5, 5.41) is 10.4. The second kappa shape index (κ2) is 8.34. The van der Waals surface area contributed by atoms with Crippen molar-refractivity contribution in [2.24, 2.45) is 0 Å². The topological polar surface area (TPSA) is 83.1 Å². The molecule has 1 saturated carbocycles. The largest absolute Gasteiger partial charge is 0.453 e. The lowest BCUT2D eigenvalue weighted by molar-refractivity contribution is 0.0839. The number of hydrogen-bond donors (Lipinski definition) is 0. The number of ether oxygens (including phenoxy) is 2. The molecule has 0 atom stereocenters. The first kappa shape index (κ1) is 20.9. The predicted octanol–water partition coefficient (Wildman–Crippen LogP) is 4.37. The van der Waals surface area contributed by atoms with Gasteiger partial charge in [-0.05, 0) is 56.9 Å². The summed E-state index contributed by atoms with van der Waals surface area (Å²) < 4.78 is 16.3. The number of rotatable bonds is 5. The third kappa shape index (κ3) is 3.93. The molecule has 35 heavy (non-hydrogen) atoms. The van der Waals surface area contributed by atoms with Gasteiger partial charge in [-0.1, -0.05) is 0 Å². The summed E-state index contributed by atoms with van der Waals surface area (Å²) in [6.45, 7) is 5.99. The van der Waals surface area contributed by atoms with Crippen molar-refractivity contribution in [3.63, 3.8) is 0 Å². The van der Waals surface area contributed by atoms with E-state index in [1.165, 1.54) is 12.8 Å². The van der Waals surface area contributed by atoms with Crippen molar-refractivity contribution < 1.29 is 9.47 Å². The molecule has 0 bridgehead atoms. The molecular formula is C26H29N7O2. The van der Waals surface area contributed by atoms with Gasteiger partial charge in [-0.2, -0.15) is 10.2 Å². The first-order valence-electron chi connectivity index (χ1n) is 12.6. The molecule has 0 radical (unpaired) electrons. The van der Waals surface area contributed by atoms with E-state index in [2.05, 4.69) is 49.0 Å². The number of fused-ring (bicyclic) bond motifs is 2. The minimum absolute atomic E-state index is 0.378. The van der Waals surface area contributed by atoms with Gasteiger partial charge in [0.25, 0.3) is 0 Å². The second-order valence-corrected chi connectivity index (χ2v) is 9.81. The number of aromatic nitrogens is 6. The average molecular weight is 472 g/mol. The molecule has 9 heteroatoms. The highest BCUT2D eigenvalue weighted by Crippen LogP contribution is 2.41. The molecule has 0 unspecified atom stereocenters. The van der Waals surface area contributed by atoms with Crippen molar-refractivity contribution in [3.05, 3.63) is 54.0 Å². The first-order chi connectivity index (χ1) is 17.2. The Labute approximate surface area is 203 Å². The van der Waals surface area contributed by atoms with E-state index in [9.17, 15) is 0 Å². The number of anilines is 1. The van der Waals surface area contributed by atoms with Crippen LogP contribution >= 0.6 is 0 Å². The molecule has 0 amide bonds. The number of pyridine rings is 1. The van der Waals surface area contributed by atoms with E-state index in [-0.39, 0.29) is 0 Å². The van der Waals surface area contributed by atoms with Gasteiger partial charge in [0.2, 0.25) is 0 Å². The first-order valence-corrected chi connectivity index (χ1v) is 12.6. The molecule has 7 rings (SSSR count). The lowest BCUT2D eigenvalue weighted by Gasteiger charge is -2.28. The van der Waals surface area contributed by atoms with Crippen LogP contribution in [0.4, 0.5) is 5.69 Å². The number of nitrogens with zero attached hydrogens (tertiary/aromatic N) is 7. The lowest BCUT2D eigenvalue weighted by Crippen LogP contribution is -2.34. The quantitative estimate of drug-likeness (QED) is 0.427. The Morgan fingerprint density at radius 1 is 1.00 bits per heavy atom. The van der Waals surface area contributed by atoms with Gasteiger partial charge in [-0.15, -0.1) is 0 Å². The third-order valence-electron chi connectivity index (χ3n) is 7.29. The molecule has 5 heterocycles. The van der Waals surface area contributed by atoms with E-state index in [1.807, 2.05) is 23.9 Å². The predicted molar refractivity (Wildman–Crippen MR) is 131 cm³/mol. The Morgan fingerprint density at radius 3 is 2.74 bits per heavy atom. The fourth-order valence-corrected chi connectivity index (χ4v) is 5.24. The summed E-state index contributed by atoms with van der Waals surface area (Å²) in [6.07, 6.45) is 8.29. The smallest absolute Gasteiger partial charge is 0.168 e. The summed E-state index contributed by atoms with van der Waals surface area (Å²) >= 11 is 0. The Bertz CT molecular complexity index is 1380. The van der Waals surface area contributed by atoms with Crippen molar-refractivity contribution in [2.45, 2.75) is 57.7 Å². The summed E-state index contributed by atoms with van der Waals surface area (Å²) in [7, 11) is 0. The van der Waals surface area contributed by atoms with Crippen molar-refractivity contribution in [3.8, 4) is 11.5 Å². The molecule has 1 aliphatic carbocycles. The Kier molecular flexibility index (Phi) is 4.97. The van der Waals surface area contributed by atoms with Gasteiger partial charge in [0.15, 0.2) is 5.75 Å². The van der Waals surface area contributed by atoms with Gasteiger partial charge >= 0.3 is 0 Å². The SMILES string of the molecule is Cc1nc2n(n1)CCN(c1ccc3c(Oc4cn(C5CC5)nc4C4CCOCC4)ccnc3c1)C2. The van der Waals surface area contributed by atoms with Crippen molar-refractivity contribution >= 4 is 16.6 Å². The molecule has 9 nitrogen and oxygen atoms in total. The molecule has 180 valence electrons. The number of hydrogen-bond acceptors (Lipinski definition) is 7. The highest BCUT2D eigenvalue weighted by atomic mass is 16.5. The fraction of sp³-hybridized carbons (Fsp3) is 0.462. The lowest BCUT2D eigenvalue weighted by atomic mass is 9.96. The summed E-state index contributed by atoms with van der Waals surface area (Å²) in [4.78, 5) is 11.6. The van der Waals surface area contributed by atoms with E-state index in [0.717, 1.165) is 91.1 Å². The van der Waals surface area contributed by atoms with E-state index >= 15 is 0 Å². The monoisotopic (exact) mass is 471 g/mol. The number of aryl methyl sites for hydroxylation is 1. The van der Waals surface area contributed by atoms with Gasteiger partial charge < -0.3 is 14.4 Å². The molecule has 1 saturated heterocycles. The Balaban J connectivity index is 1.19. The second-order valence-electron chi connectivity index (χ2n) is 9.81. The highest BCUT2D eigenvalue weighted by Gasteiger charge is 2.30. The van der Waals surface area contributed by atoms with Crippen molar-refractivity contribution in [1.29, 1.82) is 0 Å². The van der Waals surface area contributed by atoms with Crippen LogP contribution in [-0.2, 0) is 17.8 Å². The number of benzene rings is 1. The fourth-order valence-electron chi connectivity index (χ4n) is 5.24. The van der Waals surface area contributed by atoms with Crippen LogP contribution in [0.2, 0.25) is 0 Å². The zero-order chi connectivity index (χ0) is 23.4. The molecule has 4 aromatic rings. The Hall–Kier alpha value is -3.46. The van der Waals surface area contributed by atoms with Crippen LogP contribution in [0.3, 0.4) is 0 Å². The summed E-state index contributed by atoms with van der Waals surface area (Å²) in [5.74, 6) is 3.90. The highest BCUT2D eigenvalue weighted by molar-refractivity contribution is 5.88. The minimum atomic E-state index is 0.378. The van der Waals surface area contributed by atoms with Crippen molar-refractivity contribution in [1.82, 2.24) is 29.5 Å². The van der Waals surface area contributed by atoms with E-state index < -0.39 is 0 Å². The van der Waals surface area contributed by atoms with Gasteiger partial charge in [0, 0.05) is 42.9 Å². The maximum atomic E-state index is 6.57.